The number of carbonyl (C=O) groups excluding carboxylic acids is 1. The second-order valence-electron chi connectivity index (χ2n) is 6.69. The molecule has 0 amide bonds. The van der Waals surface area contributed by atoms with Gasteiger partial charge in [-0.3, -0.25) is 4.79 Å². The normalized spacial score (nSPS) is 13.5. The minimum atomic E-state index is -0.116. The predicted molar refractivity (Wildman–Crippen MR) is 97.5 cm³/mol. The van der Waals surface area contributed by atoms with E-state index in [-0.39, 0.29) is 5.97 Å². The summed E-state index contributed by atoms with van der Waals surface area (Å²) in [6.07, 6.45) is 8.44. The highest BCUT2D eigenvalue weighted by atomic mass is 16.5. The molecule has 0 N–H and O–H groups in total. The summed E-state index contributed by atoms with van der Waals surface area (Å²) in [6, 6.07) is 15.3. The Hall–Kier alpha value is -2.09. The van der Waals surface area contributed by atoms with Crippen molar-refractivity contribution in [2.45, 2.75) is 58.3 Å². The Labute approximate surface area is 144 Å². The minimum Gasteiger partial charge on any atom is -0.426 e. The van der Waals surface area contributed by atoms with E-state index in [1.54, 1.807) is 0 Å². The predicted octanol–water partition coefficient (Wildman–Crippen LogP) is 5.06. The van der Waals surface area contributed by atoms with Gasteiger partial charge in [0.15, 0.2) is 0 Å². The van der Waals surface area contributed by atoms with Gasteiger partial charge in [-0.1, -0.05) is 56.2 Å². The number of benzene rings is 2. The lowest BCUT2D eigenvalue weighted by Gasteiger charge is -2.16. The maximum atomic E-state index is 11.3. The van der Waals surface area contributed by atoms with Crippen LogP contribution in [0.1, 0.15) is 54.9 Å². The third-order valence-corrected chi connectivity index (χ3v) is 4.74. The van der Waals surface area contributed by atoms with Crippen molar-refractivity contribution in [2.24, 2.45) is 0 Å². The molecule has 3 rings (SSSR count). The molecule has 0 spiro atoms. The number of aryl methyl sites for hydroxylation is 4. The maximum Gasteiger partial charge on any atom is 0.311 e. The molecule has 2 nitrogen and oxygen atoms in total. The Balaban J connectivity index is 1.55. The molecule has 0 saturated heterocycles. The Morgan fingerprint density at radius 1 is 0.833 bits per heavy atom. The van der Waals surface area contributed by atoms with E-state index in [0.29, 0.717) is 6.42 Å². The first-order valence-corrected chi connectivity index (χ1v) is 9.15. The van der Waals surface area contributed by atoms with Crippen molar-refractivity contribution >= 4 is 5.97 Å². The summed E-state index contributed by atoms with van der Waals surface area (Å²) in [7, 11) is 0. The lowest BCUT2D eigenvalue weighted by molar-refractivity contribution is -0.135. The lowest BCUT2D eigenvalue weighted by Crippen LogP contribution is -2.15. The monoisotopic (exact) mass is 322 g/mol. The van der Waals surface area contributed by atoms with Crippen LogP contribution in [0.3, 0.4) is 0 Å². The molecule has 2 aromatic rings. The maximum absolute atomic E-state index is 11.3. The second kappa shape index (κ2) is 8.14. The van der Waals surface area contributed by atoms with Crippen molar-refractivity contribution in [1.29, 1.82) is 0 Å². The van der Waals surface area contributed by atoms with E-state index >= 15 is 0 Å². The molecule has 0 bridgehead atoms. The number of rotatable bonds is 7. The van der Waals surface area contributed by atoms with Crippen LogP contribution in [-0.2, 0) is 30.5 Å². The van der Waals surface area contributed by atoms with Crippen LogP contribution in [-0.4, -0.2) is 5.97 Å². The van der Waals surface area contributed by atoms with Gasteiger partial charge in [-0.2, -0.15) is 0 Å². The lowest BCUT2D eigenvalue weighted by atomic mass is 9.98. The molecule has 0 unspecified atom stereocenters. The average molecular weight is 322 g/mol. The fraction of sp³-hybridized carbons (Fsp3) is 0.409. The molecule has 126 valence electrons. The van der Waals surface area contributed by atoms with Crippen LogP contribution in [0, 0.1) is 0 Å². The van der Waals surface area contributed by atoms with Gasteiger partial charge in [-0.25, -0.2) is 0 Å². The summed E-state index contributed by atoms with van der Waals surface area (Å²) in [6.45, 7) is 2.24. The standard InChI is InChI=1S/C22H26O2/c1-2-3-4-5-17-6-8-18(9-7-17)10-11-19-12-14-21-20(16-19)13-15-22(23)24-21/h6-9,12,14,16H,2-5,10-11,13,15H2,1H3. The number of hydrogen-bond donors (Lipinski definition) is 0. The van der Waals surface area contributed by atoms with Crippen LogP contribution in [0.4, 0.5) is 0 Å². The SMILES string of the molecule is CCCCCc1ccc(CCc2ccc3c(c2)CCC(=O)O3)cc1. The molecule has 24 heavy (non-hydrogen) atoms. The molecule has 0 aromatic heterocycles. The first-order chi connectivity index (χ1) is 11.7. The fourth-order valence-corrected chi connectivity index (χ4v) is 3.23. The molecule has 0 atom stereocenters. The average Bonchev–Trinajstić information content (AvgIpc) is 2.61. The van der Waals surface area contributed by atoms with Gasteiger partial charge in [-0.15, -0.1) is 0 Å². The molecule has 1 aliphatic rings. The molecule has 2 aromatic carbocycles. The number of fused-ring (bicyclic) bond motifs is 1. The molecule has 1 aliphatic heterocycles. The van der Waals surface area contributed by atoms with Crippen LogP contribution in [0.25, 0.3) is 0 Å². The molecular weight excluding hydrogens is 296 g/mol. The summed E-state index contributed by atoms with van der Waals surface area (Å²) in [5.41, 5.74) is 5.32. The molecule has 1 heterocycles. The van der Waals surface area contributed by atoms with Gasteiger partial charge in [0.25, 0.3) is 0 Å². The van der Waals surface area contributed by atoms with Gasteiger partial charge in [0, 0.05) is 0 Å². The second-order valence-corrected chi connectivity index (χ2v) is 6.69. The largest absolute Gasteiger partial charge is 0.426 e. The quantitative estimate of drug-likeness (QED) is 0.405. The van der Waals surface area contributed by atoms with Crippen LogP contribution < -0.4 is 4.74 Å². The topological polar surface area (TPSA) is 26.3 Å². The Bertz CT molecular complexity index is 686. The van der Waals surface area contributed by atoms with Gasteiger partial charge >= 0.3 is 5.97 Å². The zero-order valence-electron chi connectivity index (χ0n) is 14.5. The van der Waals surface area contributed by atoms with Crippen molar-refractivity contribution in [3.63, 3.8) is 0 Å². The Morgan fingerprint density at radius 3 is 2.25 bits per heavy atom. The molecule has 2 heteroatoms. The van der Waals surface area contributed by atoms with Crippen molar-refractivity contribution in [2.75, 3.05) is 0 Å². The zero-order chi connectivity index (χ0) is 16.8. The minimum absolute atomic E-state index is 0.116. The van der Waals surface area contributed by atoms with Crippen molar-refractivity contribution in [1.82, 2.24) is 0 Å². The number of esters is 1. The molecule has 0 fully saturated rings. The number of hydrogen-bond acceptors (Lipinski definition) is 2. The zero-order valence-corrected chi connectivity index (χ0v) is 14.5. The highest BCUT2D eigenvalue weighted by molar-refractivity contribution is 5.75. The van der Waals surface area contributed by atoms with Crippen molar-refractivity contribution in [3.8, 4) is 5.75 Å². The molecule has 0 radical (unpaired) electrons. The van der Waals surface area contributed by atoms with Crippen molar-refractivity contribution in [3.05, 3.63) is 64.7 Å². The van der Waals surface area contributed by atoms with Crippen LogP contribution in [0.15, 0.2) is 42.5 Å². The van der Waals surface area contributed by atoms with E-state index in [9.17, 15) is 4.79 Å². The summed E-state index contributed by atoms with van der Waals surface area (Å²) >= 11 is 0. The van der Waals surface area contributed by atoms with E-state index in [2.05, 4.69) is 43.3 Å². The fourth-order valence-electron chi connectivity index (χ4n) is 3.23. The highest BCUT2D eigenvalue weighted by Crippen LogP contribution is 2.26. The van der Waals surface area contributed by atoms with Gasteiger partial charge in [0.2, 0.25) is 0 Å². The van der Waals surface area contributed by atoms with Crippen LogP contribution >= 0.6 is 0 Å². The number of ether oxygens (including phenoxy) is 1. The third kappa shape index (κ3) is 4.47. The van der Waals surface area contributed by atoms with E-state index < -0.39 is 0 Å². The highest BCUT2D eigenvalue weighted by Gasteiger charge is 2.16. The summed E-state index contributed by atoms with van der Waals surface area (Å²) in [4.78, 5) is 11.3. The number of carbonyl (C=O) groups is 1. The summed E-state index contributed by atoms with van der Waals surface area (Å²) < 4.78 is 5.26. The Morgan fingerprint density at radius 2 is 1.50 bits per heavy atom. The molecule has 0 saturated carbocycles. The van der Waals surface area contributed by atoms with Crippen molar-refractivity contribution < 1.29 is 9.53 Å². The summed E-state index contributed by atoms with van der Waals surface area (Å²) in [5, 5.41) is 0. The summed E-state index contributed by atoms with van der Waals surface area (Å²) in [5.74, 6) is 0.626. The van der Waals surface area contributed by atoms with Gasteiger partial charge < -0.3 is 4.74 Å². The van der Waals surface area contributed by atoms with E-state index in [1.807, 2.05) is 6.07 Å². The molecule has 0 aliphatic carbocycles. The number of unbranched alkanes of at least 4 members (excludes halogenated alkanes) is 2. The third-order valence-electron chi connectivity index (χ3n) is 4.74. The van der Waals surface area contributed by atoms with Crippen LogP contribution in [0.2, 0.25) is 0 Å². The smallest absolute Gasteiger partial charge is 0.311 e. The van der Waals surface area contributed by atoms with Gasteiger partial charge in [0.1, 0.15) is 5.75 Å². The van der Waals surface area contributed by atoms with E-state index in [4.69, 9.17) is 4.74 Å². The van der Waals surface area contributed by atoms with Crippen LogP contribution in [0.5, 0.6) is 5.75 Å². The first kappa shape index (κ1) is 16.8. The van der Waals surface area contributed by atoms with E-state index in [1.165, 1.54) is 47.9 Å². The molecular formula is C22H26O2. The Kier molecular flexibility index (Phi) is 5.68. The van der Waals surface area contributed by atoms with Gasteiger partial charge in [0.05, 0.1) is 6.42 Å². The van der Waals surface area contributed by atoms with Gasteiger partial charge in [-0.05, 0) is 60.4 Å². The van der Waals surface area contributed by atoms with E-state index in [0.717, 1.165) is 25.0 Å². The first-order valence-electron chi connectivity index (χ1n) is 9.15.